The molecule has 0 saturated heterocycles. The highest BCUT2D eigenvalue weighted by Gasteiger charge is 2.15. The van der Waals surface area contributed by atoms with Crippen molar-refractivity contribution < 1.29 is 29.0 Å². The van der Waals surface area contributed by atoms with Crippen molar-refractivity contribution in [2.45, 2.75) is 20.3 Å². The molecule has 0 spiro atoms. The van der Waals surface area contributed by atoms with Gasteiger partial charge in [-0.25, -0.2) is 9.59 Å². The van der Waals surface area contributed by atoms with E-state index >= 15 is 0 Å². The van der Waals surface area contributed by atoms with Crippen LogP contribution < -0.4 is 26.0 Å². The Balaban J connectivity index is 1.55. The number of amides is 4. The molecule has 0 fully saturated rings. The van der Waals surface area contributed by atoms with Gasteiger partial charge in [-0.2, -0.15) is 0 Å². The summed E-state index contributed by atoms with van der Waals surface area (Å²) in [5.41, 5.74) is 3.60. The van der Waals surface area contributed by atoms with E-state index in [2.05, 4.69) is 21.3 Å². The van der Waals surface area contributed by atoms with Crippen LogP contribution in [-0.2, 0) is 16.0 Å². The average molecular weight is 548 g/mol. The zero-order valence-corrected chi connectivity index (χ0v) is 22.8. The first-order valence-corrected chi connectivity index (χ1v) is 12.5. The summed E-state index contributed by atoms with van der Waals surface area (Å²) < 4.78 is 5.43. The van der Waals surface area contributed by atoms with E-state index in [1.54, 1.807) is 36.2 Å². The fourth-order valence-corrected chi connectivity index (χ4v) is 3.87. The van der Waals surface area contributed by atoms with Gasteiger partial charge in [0.15, 0.2) is 0 Å². The fourth-order valence-electron chi connectivity index (χ4n) is 3.87. The van der Waals surface area contributed by atoms with Crippen LogP contribution in [-0.4, -0.2) is 61.1 Å². The van der Waals surface area contributed by atoms with Crippen LogP contribution in [0.1, 0.15) is 28.4 Å². The van der Waals surface area contributed by atoms with Crippen LogP contribution in [0.15, 0.2) is 60.7 Å². The van der Waals surface area contributed by atoms with E-state index < -0.39 is 12.0 Å². The number of methoxy groups -OCH3 is 1. The first-order chi connectivity index (χ1) is 19.1. The average Bonchev–Trinajstić information content (AvgIpc) is 2.90. The molecule has 210 valence electrons. The number of hydrogen-bond acceptors (Lipinski definition) is 6. The number of nitrogens with one attached hydrogen (secondary N) is 4. The van der Waals surface area contributed by atoms with Crippen LogP contribution in [0.5, 0.6) is 5.75 Å². The zero-order chi connectivity index (χ0) is 29.2. The van der Waals surface area contributed by atoms with Gasteiger partial charge in [-0.15, -0.1) is 0 Å². The Morgan fingerprint density at radius 2 is 1.62 bits per heavy atom. The van der Waals surface area contributed by atoms with Gasteiger partial charge >= 0.3 is 12.0 Å². The molecule has 0 aliphatic rings. The molecule has 0 radical (unpaired) electrons. The normalized spacial score (nSPS) is 10.3. The van der Waals surface area contributed by atoms with Crippen LogP contribution in [0.4, 0.5) is 27.5 Å². The number of urea groups is 1. The zero-order valence-electron chi connectivity index (χ0n) is 22.8. The Bertz CT molecular complexity index is 1410. The molecule has 4 amide bonds. The highest BCUT2D eigenvalue weighted by Crippen LogP contribution is 2.27. The maximum atomic E-state index is 12.8. The minimum atomic E-state index is -1.15. The molecule has 3 aromatic rings. The molecule has 5 N–H and O–H groups in total. The van der Waals surface area contributed by atoms with Crippen molar-refractivity contribution in [2.24, 2.45) is 0 Å². The number of carbonyl (C=O) groups is 4. The van der Waals surface area contributed by atoms with Crippen molar-refractivity contribution in [3.63, 3.8) is 0 Å². The molecule has 3 rings (SSSR count). The molecule has 0 aliphatic heterocycles. The number of carboxylic acid groups (broad SMARTS) is 1. The largest absolute Gasteiger partial charge is 0.495 e. The molecular formula is C29H33N5O6. The van der Waals surface area contributed by atoms with E-state index in [0.29, 0.717) is 35.9 Å². The van der Waals surface area contributed by atoms with Crippen LogP contribution in [0.3, 0.4) is 0 Å². The van der Waals surface area contributed by atoms with Gasteiger partial charge in [0.05, 0.1) is 30.5 Å². The van der Waals surface area contributed by atoms with E-state index in [1.807, 2.05) is 31.2 Å². The number of aryl methyl sites for hydroxylation is 1. The molecule has 0 heterocycles. The molecule has 0 aromatic heterocycles. The van der Waals surface area contributed by atoms with Crippen molar-refractivity contribution in [1.82, 2.24) is 4.90 Å². The Morgan fingerprint density at radius 1 is 0.900 bits per heavy atom. The summed E-state index contributed by atoms with van der Waals surface area (Å²) >= 11 is 0. The third-order valence-electron chi connectivity index (χ3n) is 6.03. The van der Waals surface area contributed by atoms with Gasteiger partial charge in [-0.1, -0.05) is 24.3 Å². The second-order valence-corrected chi connectivity index (χ2v) is 9.09. The summed E-state index contributed by atoms with van der Waals surface area (Å²) in [6.07, 6.45) is 0.128. The predicted molar refractivity (Wildman–Crippen MR) is 154 cm³/mol. The highest BCUT2D eigenvalue weighted by atomic mass is 16.5. The van der Waals surface area contributed by atoms with Crippen molar-refractivity contribution in [2.75, 3.05) is 48.5 Å². The number of para-hydroxylation sites is 1. The van der Waals surface area contributed by atoms with E-state index in [0.717, 1.165) is 11.1 Å². The molecule has 11 heteroatoms. The third-order valence-corrected chi connectivity index (χ3v) is 6.03. The number of carbonyl (C=O) groups excluding carboxylic acids is 3. The molecule has 3 aromatic carbocycles. The van der Waals surface area contributed by atoms with Crippen molar-refractivity contribution in [1.29, 1.82) is 0 Å². The number of hydrogen-bond donors (Lipinski definition) is 5. The van der Waals surface area contributed by atoms with Crippen molar-refractivity contribution >= 4 is 46.6 Å². The first kappa shape index (κ1) is 29.5. The monoisotopic (exact) mass is 547 g/mol. The van der Waals surface area contributed by atoms with E-state index in [9.17, 15) is 24.3 Å². The fraction of sp³-hybridized carbons (Fsp3) is 0.241. The number of likely N-dealkylation sites (N-methyl/N-ethyl adjacent to an activating group) is 1. The quantitative estimate of drug-likeness (QED) is 0.239. The number of benzene rings is 3. The maximum absolute atomic E-state index is 12.8. The van der Waals surface area contributed by atoms with Crippen LogP contribution in [0.25, 0.3) is 0 Å². The molecule has 0 aliphatic carbocycles. The lowest BCUT2D eigenvalue weighted by Crippen LogP contribution is -2.32. The van der Waals surface area contributed by atoms with Crippen LogP contribution in [0.2, 0.25) is 0 Å². The molecular weight excluding hydrogens is 514 g/mol. The second kappa shape index (κ2) is 13.7. The molecule has 0 unspecified atom stereocenters. The van der Waals surface area contributed by atoms with Gasteiger partial charge in [0, 0.05) is 38.4 Å². The van der Waals surface area contributed by atoms with Crippen LogP contribution in [0, 0.1) is 6.92 Å². The molecule has 0 saturated carbocycles. The SMILES string of the molecule is COc1cc(CC(=O)N(C)CCNc2ccc(C(=O)O)c(NC(C)=O)c2)ccc1NC(=O)Nc1ccccc1C. The summed E-state index contributed by atoms with van der Waals surface area (Å²) in [5, 5.41) is 20.5. The molecule has 0 bridgehead atoms. The first-order valence-electron chi connectivity index (χ1n) is 12.5. The van der Waals surface area contributed by atoms with Crippen molar-refractivity contribution in [3.8, 4) is 5.75 Å². The van der Waals surface area contributed by atoms with Gasteiger partial charge in [-0.05, 0) is 54.4 Å². The lowest BCUT2D eigenvalue weighted by molar-refractivity contribution is -0.129. The van der Waals surface area contributed by atoms with Gasteiger partial charge < -0.3 is 36.0 Å². The lowest BCUT2D eigenvalue weighted by Gasteiger charge is -2.19. The number of anilines is 4. The summed E-state index contributed by atoms with van der Waals surface area (Å²) in [7, 11) is 3.17. The van der Waals surface area contributed by atoms with E-state index in [1.165, 1.54) is 26.2 Å². The minimum absolute atomic E-state index is 0.0170. The highest BCUT2D eigenvalue weighted by molar-refractivity contribution is 6.01. The van der Waals surface area contributed by atoms with Gasteiger partial charge in [0.25, 0.3) is 0 Å². The Labute approximate surface area is 232 Å². The molecule has 40 heavy (non-hydrogen) atoms. The number of nitrogens with zero attached hydrogens (tertiary/aromatic N) is 1. The third kappa shape index (κ3) is 8.22. The summed E-state index contributed by atoms with van der Waals surface area (Å²) in [6, 6.07) is 16.7. The Morgan fingerprint density at radius 3 is 2.30 bits per heavy atom. The standard InChI is InChI=1S/C29H33N5O6/c1-18-7-5-6-8-23(18)32-29(39)33-24-12-9-20(15-26(24)40-4)16-27(36)34(3)14-13-30-21-10-11-22(28(37)38)25(17-21)31-19(2)35/h5-12,15,17,30H,13-14,16H2,1-4H3,(H,31,35)(H,37,38)(H2,32,33,39). The summed E-state index contributed by atoms with van der Waals surface area (Å²) in [4.78, 5) is 49.7. The van der Waals surface area contributed by atoms with Gasteiger partial charge in [0.1, 0.15) is 5.75 Å². The van der Waals surface area contributed by atoms with Crippen LogP contribution >= 0.6 is 0 Å². The number of carboxylic acids is 1. The summed E-state index contributed by atoms with van der Waals surface area (Å²) in [5.74, 6) is -1.22. The number of ether oxygens (including phenoxy) is 1. The van der Waals surface area contributed by atoms with Crippen molar-refractivity contribution in [3.05, 3.63) is 77.4 Å². The number of rotatable bonds is 11. The number of aromatic carboxylic acids is 1. The van der Waals surface area contributed by atoms with Gasteiger partial charge in [0.2, 0.25) is 11.8 Å². The molecule has 0 atom stereocenters. The minimum Gasteiger partial charge on any atom is -0.495 e. The van der Waals surface area contributed by atoms with Gasteiger partial charge in [-0.3, -0.25) is 9.59 Å². The Hall–Kier alpha value is -5.06. The topological polar surface area (TPSA) is 149 Å². The van der Waals surface area contributed by atoms with E-state index in [-0.39, 0.29) is 29.5 Å². The smallest absolute Gasteiger partial charge is 0.337 e. The Kier molecular flexibility index (Phi) is 10.1. The molecule has 11 nitrogen and oxygen atoms in total. The van der Waals surface area contributed by atoms with E-state index in [4.69, 9.17) is 4.74 Å². The summed E-state index contributed by atoms with van der Waals surface area (Å²) in [6.45, 7) is 3.98. The lowest BCUT2D eigenvalue weighted by atomic mass is 10.1. The predicted octanol–water partition coefficient (Wildman–Crippen LogP) is 4.42. The second-order valence-electron chi connectivity index (χ2n) is 9.09. The maximum Gasteiger partial charge on any atom is 0.337 e.